The fourth-order valence-electron chi connectivity index (χ4n) is 2.13. The Bertz CT molecular complexity index is 477. The summed E-state index contributed by atoms with van der Waals surface area (Å²) >= 11 is 0. The molecular formula is C16H30N4O2. The van der Waals surface area contributed by atoms with Gasteiger partial charge in [0.2, 0.25) is 5.91 Å². The minimum absolute atomic E-state index is 0.0508. The van der Waals surface area contributed by atoms with Crippen LogP contribution in [0.4, 0.5) is 5.82 Å². The summed E-state index contributed by atoms with van der Waals surface area (Å²) in [6.07, 6.45) is 2.09. The van der Waals surface area contributed by atoms with Crippen LogP contribution in [0.3, 0.4) is 0 Å². The molecule has 0 spiro atoms. The Hall–Kier alpha value is -1.40. The molecule has 0 aliphatic carbocycles. The first-order chi connectivity index (χ1) is 10.3. The van der Waals surface area contributed by atoms with E-state index in [0.717, 1.165) is 25.1 Å². The number of anilines is 1. The van der Waals surface area contributed by atoms with E-state index in [1.54, 1.807) is 4.68 Å². The highest BCUT2D eigenvalue weighted by molar-refractivity contribution is 5.91. The maximum absolute atomic E-state index is 12.2. The largest absolute Gasteiger partial charge is 0.395 e. The van der Waals surface area contributed by atoms with Crippen molar-refractivity contribution in [2.75, 3.05) is 31.6 Å². The van der Waals surface area contributed by atoms with Gasteiger partial charge in [0.25, 0.3) is 0 Å². The van der Waals surface area contributed by atoms with Gasteiger partial charge in [-0.1, -0.05) is 34.1 Å². The highest BCUT2D eigenvalue weighted by atomic mass is 16.3. The van der Waals surface area contributed by atoms with E-state index in [4.69, 9.17) is 5.11 Å². The van der Waals surface area contributed by atoms with Gasteiger partial charge >= 0.3 is 0 Å². The summed E-state index contributed by atoms with van der Waals surface area (Å²) in [6.45, 7) is 10.1. The van der Waals surface area contributed by atoms with Crippen molar-refractivity contribution in [3.63, 3.8) is 0 Å². The van der Waals surface area contributed by atoms with Crippen LogP contribution in [-0.2, 0) is 17.3 Å². The zero-order valence-electron chi connectivity index (χ0n) is 14.5. The predicted molar refractivity (Wildman–Crippen MR) is 89.0 cm³/mol. The number of hydrogen-bond acceptors (Lipinski definition) is 4. The van der Waals surface area contributed by atoms with Crippen molar-refractivity contribution >= 4 is 11.7 Å². The van der Waals surface area contributed by atoms with Gasteiger partial charge in [0.05, 0.1) is 18.8 Å². The molecule has 0 saturated carbocycles. The van der Waals surface area contributed by atoms with Crippen LogP contribution >= 0.6 is 0 Å². The van der Waals surface area contributed by atoms with Crippen molar-refractivity contribution in [1.82, 2.24) is 14.7 Å². The lowest BCUT2D eigenvalue weighted by Gasteiger charge is -2.20. The lowest BCUT2D eigenvalue weighted by atomic mass is 9.92. The van der Waals surface area contributed by atoms with E-state index >= 15 is 0 Å². The fraction of sp³-hybridized carbons (Fsp3) is 0.750. The van der Waals surface area contributed by atoms with Crippen molar-refractivity contribution < 1.29 is 9.90 Å². The first-order valence-electron chi connectivity index (χ1n) is 7.95. The Kier molecular flexibility index (Phi) is 7.03. The summed E-state index contributed by atoms with van der Waals surface area (Å²) < 4.78 is 1.70. The number of carbonyl (C=O) groups is 1. The van der Waals surface area contributed by atoms with Crippen LogP contribution in [0, 0.1) is 0 Å². The first kappa shape index (κ1) is 18.6. The van der Waals surface area contributed by atoms with Gasteiger partial charge in [0, 0.05) is 25.1 Å². The highest BCUT2D eigenvalue weighted by Crippen LogP contribution is 2.23. The molecule has 1 amide bonds. The van der Waals surface area contributed by atoms with E-state index in [9.17, 15) is 4.79 Å². The van der Waals surface area contributed by atoms with Gasteiger partial charge < -0.3 is 10.4 Å². The summed E-state index contributed by atoms with van der Waals surface area (Å²) in [4.78, 5) is 14.2. The topological polar surface area (TPSA) is 70.4 Å². The lowest BCUT2D eigenvalue weighted by Crippen LogP contribution is -2.36. The van der Waals surface area contributed by atoms with Crippen molar-refractivity contribution in [2.45, 2.75) is 46.0 Å². The normalized spacial score (nSPS) is 12.0. The SMILES string of the molecule is CCCCN(CCO)CC(=O)Nc1cc(C(C)(C)C)nn1C. The number of hydrogen-bond donors (Lipinski definition) is 2. The average Bonchev–Trinajstić information content (AvgIpc) is 2.77. The van der Waals surface area contributed by atoms with Crippen molar-refractivity contribution in [3.05, 3.63) is 11.8 Å². The summed E-state index contributed by atoms with van der Waals surface area (Å²) in [5.41, 5.74) is 0.897. The summed E-state index contributed by atoms with van der Waals surface area (Å²) in [7, 11) is 1.83. The van der Waals surface area contributed by atoms with E-state index < -0.39 is 0 Å². The first-order valence-corrected chi connectivity index (χ1v) is 7.95. The second-order valence-corrected chi connectivity index (χ2v) is 6.69. The molecule has 0 atom stereocenters. The molecule has 1 aromatic rings. The third kappa shape index (κ3) is 5.77. The summed E-state index contributed by atoms with van der Waals surface area (Å²) in [5, 5.41) is 16.4. The number of amides is 1. The molecule has 0 aliphatic rings. The second-order valence-electron chi connectivity index (χ2n) is 6.69. The highest BCUT2D eigenvalue weighted by Gasteiger charge is 2.20. The fourth-order valence-corrected chi connectivity index (χ4v) is 2.13. The van der Waals surface area contributed by atoms with Crippen LogP contribution in [0.1, 0.15) is 46.2 Å². The number of aliphatic hydroxyl groups is 1. The third-order valence-electron chi connectivity index (χ3n) is 3.53. The molecule has 0 fully saturated rings. The summed E-state index contributed by atoms with van der Waals surface area (Å²) in [5.74, 6) is 0.627. The van der Waals surface area contributed by atoms with E-state index in [0.29, 0.717) is 12.4 Å². The number of aryl methyl sites for hydroxylation is 1. The van der Waals surface area contributed by atoms with Gasteiger partial charge in [-0.15, -0.1) is 0 Å². The minimum Gasteiger partial charge on any atom is -0.395 e. The molecule has 22 heavy (non-hydrogen) atoms. The van der Waals surface area contributed by atoms with Gasteiger partial charge in [-0.2, -0.15) is 5.10 Å². The molecule has 1 heterocycles. The van der Waals surface area contributed by atoms with Gasteiger partial charge in [0.1, 0.15) is 5.82 Å². The molecule has 6 heteroatoms. The summed E-state index contributed by atoms with van der Waals surface area (Å²) in [6, 6.07) is 1.92. The zero-order chi connectivity index (χ0) is 16.8. The average molecular weight is 310 g/mol. The molecule has 6 nitrogen and oxygen atoms in total. The van der Waals surface area contributed by atoms with E-state index in [2.05, 4.69) is 38.1 Å². The van der Waals surface area contributed by atoms with Crippen molar-refractivity contribution in [3.8, 4) is 0 Å². The Morgan fingerprint density at radius 3 is 2.59 bits per heavy atom. The monoisotopic (exact) mass is 310 g/mol. The molecule has 0 aromatic carbocycles. The molecule has 1 rings (SSSR count). The standard InChI is InChI=1S/C16H30N4O2/c1-6-7-8-20(9-10-21)12-15(22)17-14-11-13(16(2,3)4)18-19(14)5/h11,21H,6-10,12H2,1-5H3,(H,17,22). The maximum Gasteiger partial charge on any atom is 0.239 e. The molecular weight excluding hydrogens is 280 g/mol. The number of unbranched alkanes of at least 4 members (excludes halogenated alkanes) is 1. The molecule has 0 aliphatic heterocycles. The van der Waals surface area contributed by atoms with Crippen LogP contribution in [0.25, 0.3) is 0 Å². The van der Waals surface area contributed by atoms with E-state index in [1.807, 2.05) is 18.0 Å². The number of aromatic nitrogens is 2. The molecule has 0 radical (unpaired) electrons. The molecule has 1 aromatic heterocycles. The Labute approximate surface area is 133 Å². The zero-order valence-corrected chi connectivity index (χ0v) is 14.5. The van der Waals surface area contributed by atoms with Gasteiger partial charge in [0.15, 0.2) is 0 Å². The smallest absolute Gasteiger partial charge is 0.239 e. The molecule has 0 bridgehead atoms. The van der Waals surface area contributed by atoms with Crippen molar-refractivity contribution in [1.29, 1.82) is 0 Å². The molecule has 126 valence electrons. The number of carbonyl (C=O) groups excluding carboxylic acids is 1. The Morgan fingerprint density at radius 2 is 2.09 bits per heavy atom. The van der Waals surface area contributed by atoms with Crippen LogP contribution in [-0.4, -0.2) is 51.9 Å². The molecule has 0 saturated heterocycles. The Balaban J connectivity index is 2.65. The van der Waals surface area contributed by atoms with Crippen LogP contribution < -0.4 is 5.32 Å². The van der Waals surface area contributed by atoms with Gasteiger partial charge in [-0.05, 0) is 13.0 Å². The van der Waals surface area contributed by atoms with E-state index in [-0.39, 0.29) is 24.5 Å². The Morgan fingerprint density at radius 1 is 1.41 bits per heavy atom. The molecule has 2 N–H and O–H groups in total. The predicted octanol–water partition coefficient (Wildman–Crippen LogP) is 1.75. The van der Waals surface area contributed by atoms with Crippen LogP contribution in [0.5, 0.6) is 0 Å². The van der Waals surface area contributed by atoms with Crippen molar-refractivity contribution in [2.24, 2.45) is 7.05 Å². The number of nitrogens with zero attached hydrogens (tertiary/aromatic N) is 3. The maximum atomic E-state index is 12.2. The third-order valence-corrected chi connectivity index (χ3v) is 3.53. The van der Waals surface area contributed by atoms with Gasteiger partial charge in [-0.25, -0.2) is 0 Å². The quantitative estimate of drug-likeness (QED) is 0.767. The van der Waals surface area contributed by atoms with Crippen LogP contribution in [0.2, 0.25) is 0 Å². The minimum atomic E-state index is -0.0759. The lowest BCUT2D eigenvalue weighted by molar-refractivity contribution is -0.117. The van der Waals surface area contributed by atoms with Crippen LogP contribution in [0.15, 0.2) is 6.07 Å². The van der Waals surface area contributed by atoms with Gasteiger partial charge in [-0.3, -0.25) is 14.4 Å². The molecule has 0 unspecified atom stereocenters. The number of rotatable bonds is 8. The second kappa shape index (κ2) is 8.29. The number of nitrogens with one attached hydrogen (secondary N) is 1. The van der Waals surface area contributed by atoms with E-state index in [1.165, 1.54) is 0 Å². The number of aliphatic hydroxyl groups excluding tert-OH is 1.